The summed E-state index contributed by atoms with van der Waals surface area (Å²) in [6, 6.07) is 12.2. The van der Waals surface area contributed by atoms with Crippen molar-refractivity contribution in [3.8, 4) is 11.5 Å². The molecule has 0 spiro atoms. The third kappa shape index (κ3) is 2.89. The number of halogens is 1. The van der Waals surface area contributed by atoms with Crippen molar-refractivity contribution in [1.29, 1.82) is 0 Å². The molecule has 2 aromatic rings. The van der Waals surface area contributed by atoms with Gasteiger partial charge < -0.3 is 14.2 Å². The van der Waals surface area contributed by atoms with E-state index in [1.807, 2.05) is 30.3 Å². The molecule has 1 atom stereocenters. The van der Waals surface area contributed by atoms with Crippen molar-refractivity contribution in [1.82, 2.24) is 0 Å². The Kier molecular flexibility index (Phi) is 4.50. The lowest BCUT2D eigenvalue weighted by atomic mass is 10.0. The molecule has 0 bridgehead atoms. The summed E-state index contributed by atoms with van der Waals surface area (Å²) in [7, 11) is 3.26. The molecule has 0 amide bonds. The Balaban J connectivity index is 1.88. The average Bonchev–Trinajstić information content (AvgIpc) is 2.96. The van der Waals surface area contributed by atoms with Gasteiger partial charge in [0, 0.05) is 4.47 Å². The number of hydrogen-bond acceptors (Lipinski definition) is 3. The van der Waals surface area contributed by atoms with Gasteiger partial charge in [-0.15, -0.1) is 0 Å². The van der Waals surface area contributed by atoms with Crippen LogP contribution in [0.3, 0.4) is 0 Å². The smallest absolute Gasteiger partial charge is 0.161 e. The van der Waals surface area contributed by atoms with Crippen LogP contribution in [0, 0.1) is 0 Å². The Labute approximate surface area is 138 Å². The molecule has 3 nitrogen and oxygen atoms in total. The first-order valence-corrected chi connectivity index (χ1v) is 7.81. The van der Waals surface area contributed by atoms with Crippen LogP contribution in [-0.2, 0) is 11.3 Å². The first kappa shape index (κ1) is 15.1. The molecule has 114 valence electrons. The van der Waals surface area contributed by atoms with Gasteiger partial charge in [-0.25, -0.2) is 0 Å². The number of rotatable bonds is 4. The fourth-order valence-corrected chi connectivity index (χ4v) is 3.01. The summed E-state index contributed by atoms with van der Waals surface area (Å²) in [4.78, 5) is 0. The molecule has 1 unspecified atom stereocenters. The van der Waals surface area contributed by atoms with Crippen molar-refractivity contribution in [2.45, 2.75) is 12.7 Å². The Morgan fingerprint density at radius 2 is 1.86 bits per heavy atom. The third-order valence-electron chi connectivity index (χ3n) is 3.73. The predicted molar refractivity (Wildman–Crippen MR) is 90.3 cm³/mol. The Bertz CT molecular complexity index is 709. The summed E-state index contributed by atoms with van der Waals surface area (Å²) < 4.78 is 17.4. The van der Waals surface area contributed by atoms with E-state index in [0.717, 1.165) is 10.0 Å². The molecule has 0 fully saturated rings. The van der Waals surface area contributed by atoms with Crippen LogP contribution in [0.2, 0.25) is 0 Å². The highest BCUT2D eigenvalue weighted by Gasteiger charge is 2.20. The second-order valence-corrected chi connectivity index (χ2v) is 5.87. The van der Waals surface area contributed by atoms with Crippen molar-refractivity contribution in [3.05, 3.63) is 63.6 Å². The Morgan fingerprint density at radius 3 is 2.64 bits per heavy atom. The van der Waals surface area contributed by atoms with Gasteiger partial charge in [-0.05, 0) is 28.8 Å². The van der Waals surface area contributed by atoms with Crippen LogP contribution in [0.15, 0.2) is 46.9 Å². The SMILES string of the molecule is COc1cc(Br)c(/C=C/C2OCc3ccccc32)cc1OC. The number of fused-ring (bicyclic) bond motifs is 1. The zero-order chi connectivity index (χ0) is 15.5. The molecule has 4 heteroatoms. The fourth-order valence-electron chi connectivity index (χ4n) is 2.56. The average molecular weight is 361 g/mol. The number of hydrogen-bond donors (Lipinski definition) is 0. The largest absolute Gasteiger partial charge is 0.493 e. The second-order valence-electron chi connectivity index (χ2n) is 5.02. The molecule has 1 heterocycles. The lowest BCUT2D eigenvalue weighted by Crippen LogP contribution is -1.93. The minimum atomic E-state index is -0.00352. The summed E-state index contributed by atoms with van der Waals surface area (Å²) >= 11 is 3.56. The van der Waals surface area contributed by atoms with E-state index >= 15 is 0 Å². The monoisotopic (exact) mass is 360 g/mol. The molecular weight excluding hydrogens is 344 g/mol. The van der Waals surface area contributed by atoms with Crippen molar-refractivity contribution in [3.63, 3.8) is 0 Å². The molecule has 22 heavy (non-hydrogen) atoms. The molecule has 0 aliphatic carbocycles. The van der Waals surface area contributed by atoms with E-state index in [4.69, 9.17) is 14.2 Å². The summed E-state index contributed by atoms with van der Waals surface area (Å²) in [5.41, 5.74) is 3.50. The Morgan fingerprint density at radius 1 is 1.14 bits per heavy atom. The van der Waals surface area contributed by atoms with Gasteiger partial charge in [-0.3, -0.25) is 0 Å². The maximum Gasteiger partial charge on any atom is 0.161 e. The van der Waals surface area contributed by atoms with Gasteiger partial charge in [-0.1, -0.05) is 52.3 Å². The minimum Gasteiger partial charge on any atom is -0.493 e. The molecular formula is C18H17BrO3. The topological polar surface area (TPSA) is 27.7 Å². The van der Waals surface area contributed by atoms with Gasteiger partial charge in [0.15, 0.2) is 11.5 Å². The van der Waals surface area contributed by atoms with Gasteiger partial charge in [0.2, 0.25) is 0 Å². The molecule has 0 saturated carbocycles. The summed E-state index contributed by atoms with van der Waals surface area (Å²) in [6.07, 6.45) is 4.10. The molecule has 0 radical (unpaired) electrons. The quantitative estimate of drug-likeness (QED) is 0.787. The zero-order valence-electron chi connectivity index (χ0n) is 12.5. The van der Waals surface area contributed by atoms with Gasteiger partial charge in [0.05, 0.1) is 20.8 Å². The number of methoxy groups -OCH3 is 2. The van der Waals surface area contributed by atoms with E-state index in [2.05, 4.69) is 34.1 Å². The first-order chi connectivity index (χ1) is 10.7. The molecule has 2 aromatic carbocycles. The molecule has 3 rings (SSSR count). The number of ether oxygens (including phenoxy) is 3. The van der Waals surface area contributed by atoms with Gasteiger partial charge in [0.1, 0.15) is 6.10 Å². The van der Waals surface area contributed by atoms with E-state index in [9.17, 15) is 0 Å². The van der Waals surface area contributed by atoms with Crippen molar-refractivity contribution in [2.75, 3.05) is 14.2 Å². The van der Waals surface area contributed by atoms with Crippen LogP contribution in [0.4, 0.5) is 0 Å². The molecule has 0 N–H and O–H groups in total. The molecule has 0 aromatic heterocycles. The van der Waals surface area contributed by atoms with Crippen molar-refractivity contribution in [2.24, 2.45) is 0 Å². The van der Waals surface area contributed by atoms with Crippen LogP contribution in [0.25, 0.3) is 6.08 Å². The second kappa shape index (κ2) is 6.55. The van der Waals surface area contributed by atoms with Gasteiger partial charge in [0.25, 0.3) is 0 Å². The molecule has 1 aliphatic rings. The highest BCUT2D eigenvalue weighted by Crippen LogP contribution is 2.36. The van der Waals surface area contributed by atoms with Crippen LogP contribution >= 0.6 is 15.9 Å². The first-order valence-electron chi connectivity index (χ1n) is 7.02. The van der Waals surface area contributed by atoms with Crippen molar-refractivity contribution < 1.29 is 14.2 Å². The van der Waals surface area contributed by atoms with E-state index < -0.39 is 0 Å². The predicted octanol–water partition coefficient (Wildman–Crippen LogP) is 4.75. The van der Waals surface area contributed by atoms with Crippen LogP contribution < -0.4 is 9.47 Å². The summed E-state index contributed by atoms with van der Waals surface area (Å²) in [6.45, 7) is 0.665. The minimum absolute atomic E-state index is 0.00352. The maximum absolute atomic E-state index is 5.83. The van der Waals surface area contributed by atoms with Gasteiger partial charge in [-0.2, -0.15) is 0 Å². The summed E-state index contributed by atoms with van der Waals surface area (Å²) in [5, 5.41) is 0. The summed E-state index contributed by atoms with van der Waals surface area (Å²) in [5.74, 6) is 1.41. The fraction of sp³-hybridized carbons (Fsp3) is 0.222. The third-order valence-corrected chi connectivity index (χ3v) is 4.42. The highest BCUT2D eigenvalue weighted by atomic mass is 79.9. The maximum atomic E-state index is 5.83. The zero-order valence-corrected chi connectivity index (χ0v) is 14.1. The lowest BCUT2D eigenvalue weighted by Gasteiger charge is -2.10. The van der Waals surface area contributed by atoms with E-state index in [-0.39, 0.29) is 6.10 Å². The Hall–Kier alpha value is -1.78. The van der Waals surface area contributed by atoms with Crippen LogP contribution in [0.1, 0.15) is 22.8 Å². The normalized spacial score (nSPS) is 16.8. The molecule has 1 aliphatic heterocycles. The van der Waals surface area contributed by atoms with E-state index in [0.29, 0.717) is 18.1 Å². The molecule has 0 saturated heterocycles. The van der Waals surface area contributed by atoms with Gasteiger partial charge >= 0.3 is 0 Å². The van der Waals surface area contributed by atoms with E-state index in [1.54, 1.807) is 14.2 Å². The van der Waals surface area contributed by atoms with Crippen molar-refractivity contribution >= 4 is 22.0 Å². The van der Waals surface area contributed by atoms with Crippen LogP contribution in [-0.4, -0.2) is 14.2 Å². The van der Waals surface area contributed by atoms with Crippen LogP contribution in [0.5, 0.6) is 11.5 Å². The highest BCUT2D eigenvalue weighted by molar-refractivity contribution is 9.10. The standard InChI is InChI=1S/C18H17BrO3/c1-20-17-9-12(15(19)10-18(17)21-2)7-8-16-14-6-4-3-5-13(14)11-22-16/h3-10,16H,11H2,1-2H3/b8-7+. The van der Waals surface area contributed by atoms with E-state index in [1.165, 1.54) is 11.1 Å². The lowest BCUT2D eigenvalue weighted by molar-refractivity contribution is 0.0996. The number of benzene rings is 2.